The Morgan fingerprint density at radius 2 is 2.00 bits per heavy atom. The zero-order chi connectivity index (χ0) is 11.4. The number of likely N-dealkylation sites (tertiary alicyclic amines) is 1. The van der Waals surface area contributed by atoms with E-state index in [0.29, 0.717) is 19.6 Å². The highest BCUT2D eigenvalue weighted by molar-refractivity contribution is 5.79. The maximum atomic E-state index is 11.3. The number of nitrogens with one attached hydrogen (secondary N) is 2. The van der Waals surface area contributed by atoms with Crippen molar-refractivity contribution in [2.24, 2.45) is 5.92 Å². The lowest BCUT2D eigenvalue weighted by molar-refractivity contribution is -0.125. The van der Waals surface area contributed by atoms with Gasteiger partial charge in [0.25, 0.3) is 0 Å². The second-order valence-corrected chi connectivity index (χ2v) is 4.10. The molecule has 0 bridgehead atoms. The molecule has 0 spiro atoms. The molecule has 5 heteroatoms. The summed E-state index contributed by atoms with van der Waals surface area (Å²) in [6.07, 6.45) is 0. The summed E-state index contributed by atoms with van der Waals surface area (Å²) in [5, 5.41) is 5.60. The van der Waals surface area contributed by atoms with Crippen molar-refractivity contribution in [3.63, 3.8) is 0 Å². The van der Waals surface area contributed by atoms with Crippen LogP contribution in [0, 0.1) is 5.92 Å². The van der Waals surface area contributed by atoms with E-state index in [4.69, 9.17) is 0 Å². The third-order valence-corrected chi connectivity index (χ3v) is 2.37. The predicted molar refractivity (Wildman–Crippen MR) is 57.4 cm³/mol. The van der Waals surface area contributed by atoms with Crippen molar-refractivity contribution < 1.29 is 9.59 Å². The van der Waals surface area contributed by atoms with Crippen LogP contribution in [0.25, 0.3) is 0 Å². The van der Waals surface area contributed by atoms with Gasteiger partial charge in [0.15, 0.2) is 0 Å². The van der Waals surface area contributed by atoms with E-state index < -0.39 is 0 Å². The molecule has 0 aliphatic carbocycles. The number of hydrogen-bond donors (Lipinski definition) is 2. The molecule has 1 fully saturated rings. The van der Waals surface area contributed by atoms with Crippen molar-refractivity contribution in [1.82, 2.24) is 15.5 Å². The molecule has 0 atom stereocenters. The molecule has 15 heavy (non-hydrogen) atoms. The first-order valence-corrected chi connectivity index (χ1v) is 5.37. The fourth-order valence-corrected chi connectivity index (χ4v) is 1.37. The van der Waals surface area contributed by atoms with Crippen LogP contribution in [0.15, 0.2) is 0 Å². The van der Waals surface area contributed by atoms with Crippen LogP contribution in [-0.2, 0) is 4.79 Å². The summed E-state index contributed by atoms with van der Waals surface area (Å²) in [4.78, 5) is 24.3. The molecule has 0 saturated carbocycles. The highest BCUT2D eigenvalue weighted by Crippen LogP contribution is 2.08. The first-order chi connectivity index (χ1) is 7.04. The Labute approximate surface area is 90.2 Å². The van der Waals surface area contributed by atoms with Crippen molar-refractivity contribution in [1.29, 1.82) is 0 Å². The largest absolute Gasteiger partial charge is 0.350 e. The van der Waals surface area contributed by atoms with Crippen molar-refractivity contribution in [3.8, 4) is 0 Å². The number of rotatable bonds is 3. The molecule has 0 aromatic rings. The normalized spacial score (nSPS) is 16.1. The fourth-order valence-electron chi connectivity index (χ4n) is 1.37. The fraction of sp³-hybridized carbons (Fsp3) is 0.800. The van der Waals surface area contributed by atoms with Crippen molar-refractivity contribution in [2.75, 3.05) is 19.6 Å². The number of carbonyl (C=O) groups is 2. The standard InChI is InChI=1S/C10H19N3O2/c1-4-11-10(15)13-5-8(6-13)12-9(14)7(2)3/h7-8H,4-6H2,1-3H3,(H,11,15)(H,12,14). The van der Waals surface area contributed by atoms with Crippen LogP contribution in [0.3, 0.4) is 0 Å². The van der Waals surface area contributed by atoms with Gasteiger partial charge in [0.05, 0.1) is 6.04 Å². The molecule has 1 aliphatic heterocycles. The highest BCUT2D eigenvalue weighted by Gasteiger charge is 2.31. The van der Waals surface area contributed by atoms with Gasteiger partial charge in [0, 0.05) is 25.6 Å². The molecule has 1 aliphatic rings. The molecule has 2 N–H and O–H groups in total. The second-order valence-electron chi connectivity index (χ2n) is 4.10. The number of amides is 3. The van der Waals surface area contributed by atoms with Gasteiger partial charge in [-0.3, -0.25) is 4.79 Å². The monoisotopic (exact) mass is 213 g/mol. The Balaban J connectivity index is 2.20. The molecule has 86 valence electrons. The third kappa shape index (κ3) is 3.11. The van der Waals surface area contributed by atoms with Crippen LogP contribution < -0.4 is 10.6 Å². The average Bonchev–Trinajstić information content (AvgIpc) is 2.10. The zero-order valence-electron chi connectivity index (χ0n) is 9.54. The summed E-state index contributed by atoms with van der Waals surface area (Å²) in [7, 11) is 0. The van der Waals surface area contributed by atoms with Gasteiger partial charge in [0.1, 0.15) is 0 Å². The Morgan fingerprint density at radius 3 is 2.47 bits per heavy atom. The van der Waals surface area contributed by atoms with Crippen LogP contribution >= 0.6 is 0 Å². The molecule has 0 radical (unpaired) electrons. The van der Waals surface area contributed by atoms with E-state index >= 15 is 0 Å². The quantitative estimate of drug-likeness (QED) is 0.702. The van der Waals surface area contributed by atoms with Crippen molar-refractivity contribution >= 4 is 11.9 Å². The van der Waals surface area contributed by atoms with Crippen molar-refractivity contribution in [2.45, 2.75) is 26.8 Å². The third-order valence-electron chi connectivity index (χ3n) is 2.37. The van der Waals surface area contributed by atoms with E-state index in [-0.39, 0.29) is 23.9 Å². The molecule has 1 heterocycles. The molecule has 3 amide bonds. The minimum absolute atomic E-state index is 0.00326. The lowest BCUT2D eigenvalue weighted by Gasteiger charge is -2.39. The zero-order valence-corrected chi connectivity index (χ0v) is 9.54. The average molecular weight is 213 g/mol. The minimum atomic E-state index is -0.0486. The van der Waals surface area contributed by atoms with Gasteiger partial charge in [-0.25, -0.2) is 4.79 Å². The van der Waals surface area contributed by atoms with Crippen LogP contribution in [0.4, 0.5) is 4.79 Å². The van der Waals surface area contributed by atoms with Gasteiger partial charge < -0.3 is 15.5 Å². The first kappa shape index (κ1) is 11.8. The number of nitrogens with zero attached hydrogens (tertiary/aromatic N) is 1. The molecule has 0 aromatic carbocycles. The van der Waals surface area contributed by atoms with E-state index in [2.05, 4.69) is 10.6 Å². The maximum Gasteiger partial charge on any atom is 0.317 e. The molecule has 5 nitrogen and oxygen atoms in total. The summed E-state index contributed by atoms with van der Waals surface area (Å²) in [5.41, 5.74) is 0. The van der Waals surface area contributed by atoms with Crippen molar-refractivity contribution in [3.05, 3.63) is 0 Å². The van der Waals surface area contributed by atoms with E-state index in [1.54, 1.807) is 4.90 Å². The van der Waals surface area contributed by atoms with E-state index in [9.17, 15) is 9.59 Å². The van der Waals surface area contributed by atoms with E-state index in [1.807, 2.05) is 20.8 Å². The van der Waals surface area contributed by atoms with Crippen LogP contribution in [0.5, 0.6) is 0 Å². The smallest absolute Gasteiger partial charge is 0.317 e. The summed E-state index contributed by atoms with van der Waals surface area (Å²) >= 11 is 0. The summed E-state index contributed by atoms with van der Waals surface area (Å²) in [5.74, 6) is 0.0547. The van der Waals surface area contributed by atoms with Gasteiger partial charge in [-0.05, 0) is 6.92 Å². The topological polar surface area (TPSA) is 61.4 Å². The minimum Gasteiger partial charge on any atom is -0.350 e. The summed E-state index contributed by atoms with van der Waals surface area (Å²) in [6.45, 7) is 7.47. The Bertz CT molecular complexity index is 247. The molecular formula is C10H19N3O2. The number of carbonyl (C=O) groups excluding carboxylic acids is 2. The molecular weight excluding hydrogens is 194 g/mol. The Kier molecular flexibility index (Phi) is 3.94. The molecule has 0 unspecified atom stereocenters. The maximum absolute atomic E-state index is 11.3. The lowest BCUT2D eigenvalue weighted by atomic mass is 10.1. The van der Waals surface area contributed by atoms with Gasteiger partial charge in [0.2, 0.25) is 5.91 Å². The van der Waals surface area contributed by atoms with Gasteiger partial charge in [-0.1, -0.05) is 13.8 Å². The van der Waals surface area contributed by atoms with Crippen LogP contribution in [0.2, 0.25) is 0 Å². The summed E-state index contributed by atoms with van der Waals surface area (Å²) < 4.78 is 0. The molecule has 1 rings (SSSR count). The molecule has 1 saturated heterocycles. The first-order valence-electron chi connectivity index (χ1n) is 5.37. The molecule has 0 aromatic heterocycles. The lowest BCUT2D eigenvalue weighted by Crippen LogP contribution is -2.63. The number of hydrogen-bond acceptors (Lipinski definition) is 2. The van der Waals surface area contributed by atoms with Gasteiger partial charge >= 0.3 is 6.03 Å². The van der Waals surface area contributed by atoms with Crippen LogP contribution in [-0.4, -0.2) is 42.5 Å². The Hall–Kier alpha value is -1.26. The van der Waals surface area contributed by atoms with Crippen LogP contribution in [0.1, 0.15) is 20.8 Å². The SMILES string of the molecule is CCNC(=O)N1CC(NC(=O)C(C)C)C1. The van der Waals surface area contributed by atoms with Gasteiger partial charge in [-0.2, -0.15) is 0 Å². The second kappa shape index (κ2) is 5.00. The van der Waals surface area contributed by atoms with E-state index in [0.717, 1.165) is 0 Å². The van der Waals surface area contributed by atoms with Gasteiger partial charge in [-0.15, -0.1) is 0 Å². The highest BCUT2D eigenvalue weighted by atomic mass is 16.2. The van der Waals surface area contributed by atoms with E-state index in [1.165, 1.54) is 0 Å². The predicted octanol–water partition coefficient (Wildman–Crippen LogP) is 0.172. The number of urea groups is 1. The summed E-state index contributed by atoms with van der Waals surface area (Å²) in [6, 6.07) is 0.0788. The Morgan fingerprint density at radius 1 is 1.40 bits per heavy atom.